The van der Waals surface area contributed by atoms with Crippen molar-refractivity contribution >= 4 is 0 Å². The molecule has 15 heavy (non-hydrogen) atoms. The van der Waals surface area contributed by atoms with Crippen LogP contribution in [0.4, 0.5) is 0 Å². The maximum absolute atomic E-state index is 3.71. The Morgan fingerprint density at radius 2 is 1.73 bits per heavy atom. The van der Waals surface area contributed by atoms with Gasteiger partial charge in [0.05, 0.1) is 0 Å². The number of nitrogens with zero attached hydrogens (tertiary/aromatic N) is 1. The predicted molar refractivity (Wildman–Crippen MR) is 67.1 cm³/mol. The lowest BCUT2D eigenvalue weighted by Crippen LogP contribution is -2.46. The van der Waals surface area contributed by atoms with Crippen LogP contribution in [0.5, 0.6) is 0 Å². The Morgan fingerprint density at radius 1 is 1.20 bits per heavy atom. The molecule has 0 saturated heterocycles. The van der Waals surface area contributed by atoms with Gasteiger partial charge in [-0.2, -0.15) is 0 Å². The van der Waals surface area contributed by atoms with Crippen molar-refractivity contribution in [2.75, 3.05) is 20.6 Å². The van der Waals surface area contributed by atoms with Crippen molar-refractivity contribution in [3.05, 3.63) is 0 Å². The fourth-order valence-electron chi connectivity index (χ4n) is 2.19. The monoisotopic (exact) mass is 212 g/mol. The molecule has 1 saturated carbocycles. The van der Waals surface area contributed by atoms with Crippen molar-refractivity contribution in [3.63, 3.8) is 0 Å². The summed E-state index contributed by atoms with van der Waals surface area (Å²) >= 11 is 0. The second kappa shape index (κ2) is 4.84. The van der Waals surface area contributed by atoms with Gasteiger partial charge in [-0.25, -0.2) is 0 Å². The van der Waals surface area contributed by atoms with Gasteiger partial charge in [0, 0.05) is 18.6 Å². The summed E-state index contributed by atoms with van der Waals surface area (Å²) in [5, 5.41) is 3.71. The van der Waals surface area contributed by atoms with Gasteiger partial charge in [-0.05, 0) is 45.2 Å². The highest BCUT2D eigenvalue weighted by atomic mass is 15.1. The number of hydrogen-bond acceptors (Lipinski definition) is 2. The lowest BCUT2D eigenvalue weighted by Gasteiger charge is -2.31. The topological polar surface area (TPSA) is 15.3 Å². The summed E-state index contributed by atoms with van der Waals surface area (Å²) in [5.41, 5.74) is 0.591. The highest BCUT2D eigenvalue weighted by Crippen LogP contribution is 2.47. The molecule has 0 aliphatic heterocycles. The van der Waals surface area contributed by atoms with Crippen molar-refractivity contribution < 1.29 is 0 Å². The molecule has 1 rings (SSSR count). The molecule has 0 spiro atoms. The smallest absolute Gasteiger partial charge is 0.0237 e. The molecule has 2 atom stereocenters. The second-order valence-electron chi connectivity index (χ2n) is 6.06. The quantitative estimate of drug-likeness (QED) is 0.727. The summed E-state index contributed by atoms with van der Waals surface area (Å²) in [6, 6.07) is 1.31. The van der Waals surface area contributed by atoms with Crippen LogP contribution in [-0.2, 0) is 0 Å². The predicted octanol–water partition coefficient (Wildman–Crippen LogP) is 2.35. The summed E-state index contributed by atoms with van der Waals surface area (Å²) in [6.07, 6.45) is 2.80. The summed E-state index contributed by atoms with van der Waals surface area (Å²) in [5.74, 6) is 0.715. The lowest BCUT2D eigenvalue weighted by molar-refractivity contribution is 0.211. The van der Waals surface area contributed by atoms with Gasteiger partial charge >= 0.3 is 0 Å². The first-order valence-electron chi connectivity index (χ1n) is 6.26. The molecular weight excluding hydrogens is 184 g/mol. The summed E-state index contributed by atoms with van der Waals surface area (Å²) < 4.78 is 0. The molecule has 0 amide bonds. The van der Waals surface area contributed by atoms with Crippen LogP contribution in [0.1, 0.15) is 40.5 Å². The van der Waals surface area contributed by atoms with E-state index < -0.39 is 0 Å². The standard InChI is InChI=1S/C13H28N2/c1-10(2)12(15(5)6)9-14-11(3)13(4)7-8-13/h10-12,14H,7-9H2,1-6H3. The van der Waals surface area contributed by atoms with Gasteiger partial charge < -0.3 is 10.2 Å². The van der Waals surface area contributed by atoms with E-state index in [9.17, 15) is 0 Å². The summed E-state index contributed by atoms with van der Waals surface area (Å²) in [4.78, 5) is 2.33. The number of likely N-dealkylation sites (N-methyl/N-ethyl adjacent to an activating group) is 1. The van der Waals surface area contributed by atoms with E-state index >= 15 is 0 Å². The van der Waals surface area contributed by atoms with E-state index in [2.05, 4.69) is 52.0 Å². The third kappa shape index (κ3) is 3.46. The van der Waals surface area contributed by atoms with E-state index in [-0.39, 0.29) is 0 Å². The Morgan fingerprint density at radius 3 is 2.07 bits per heavy atom. The third-order valence-corrected chi connectivity index (χ3v) is 4.15. The zero-order valence-corrected chi connectivity index (χ0v) is 11.3. The number of rotatable bonds is 6. The Bertz CT molecular complexity index is 187. The molecule has 1 N–H and O–H groups in total. The summed E-state index contributed by atoms with van der Waals surface area (Å²) in [6.45, 7) is 10.4. The Hall–Kier alpha value is -0.0800. The maximum atomic E-state index is 3.71. The first-order valence-corrected chi connectivity index (χ1v) is 6.26. The van der Waals surface area contributed by atoms with Crippen LogP contribution in [0.2, 0.25) is 0 Å². The van der Waals surface area contributed by atoms with Crippen molar-refractivity contribution in [2.24, 2.45) is 11.3 Å². The Labute approximate surface area is 95.4 Å². The van der Waals surface area contributed by atoms with Crippen molar-refractivity contribution in [1.82, 2.24) is 10.2 Å². The van der Waals surface area contributed by atoms with Gasteiger partial charge in [0.25, 0.3) is 0 Å². The van der Waals surface area contributed by atoms with Crippen LogP contribution in [0.15, 0.2) is 0 Å². The molecule has 2 heteroatoms. The molecule has 0 aromatic heterocycles. The molecule has 1 aliphatic rings. The average Bonchev–Trinajstić information content (AvgIpc) is 2.83. The molecule has 1 fully saturated rings. The molecule has 0 bridgehead atoms. The van der Waals surface area contributed by atoms with E-state index in [0.29, 0.717) is 23.4 Å². The average molecular weight is 212 g/mol. The van der Waals surface area contributed by atoms with Gasteiger partial charge in [0.1, 0.15) is 0 Å². The minimum Gasteiger partial charge on any atom is -0.312 e. The normalized spacial score (nSPS) is 23.2. The molecule has 0 heterocycles. The maximum Gasteiger partial charge on any atom is 0.0237 e. The molecule has 1 aliphatic carbocycles. The second-order valence-corrected chi connectivity index (χ2v) is 6.06. The fourth-order valence-corrected chi connectivity index (χ4v) is 2.19. The molecule has 0 radical (unpaired) electrons. The van der Waals surface area contributed by atoms with Crippen LogP contribution in [-0.4, -0.2) is 37.6 Å². The molecular formula is C13H28N2. The highest BCUT2D eigenvalue weighted by Gasteiger charge is 2.42. The first-order chi connectivity index (χ1) is 6.87. The van der Waals surface area contributed by atoms with Gasteiger partial charge in [0.15, 0.2) is 0 Å². The molecule has 0 aromatic carbocycles. The lowest BCUT2D eigenvalue weighted by atomic mass is 9.98. The highest BCUT2D eigenvalue weighted by molar-refractivity contribution is 4.97. The SMILES string of the molecule is CC(C)C(CNC(C)C1(C)CC1)N(C)C. The van der Waals surface area contributed by atoms with Crippen LogP contribution < -0.4 is 5.32 Å². The Kier molecular flexibility index (Phi) is 4.19. The zero-order valence-electron chi connectivity index (χ0n) is 11.3. The largest absolute Gasteiger partial charge is 0.312 e. The van der Waals surface area contributed by atoms with Crippen molar-refractivity contribution in [3.8, 4) is 0 Å². The minimum absolute atomic E-state index is 0.591. The number of nitrogens with one attached hydrogen (secondary N) is 1. The summed E-state index contributed by atoms with van der Waals surface area (Å²) in [7, 11) is 4.35. The van der Waals surface area contributed by atoms with Crippen LogP contribution in [0, 0.1) is 11.3 Å². The molecule has 0 aromatic rings. The molecule has 2 unspecified atom stereocenters. The van der Waals surface area contributed by atoms with Gasteiger partial charge in [-0.1, -0.05) is 20.8 Å². The van der Waals surface area contributed by atoms with E-state index in [4.69, 9.17) is 0 Å². The fraction of sp³-hybridized carbons (Fsp3) is 1.00. The van der Waals surface area contributed by atoms with Crippen molar-refractivity contribution in [2.45, 2.75) is 52.6 Å². The van der Waals surface area contributed by atoms with Crippen LogP contribution in [0.25, 0.3) is 0 Å². The van der Waals surface area contributed by atoms with E-state index in [1.54, 1.807) is 0 Å². The van der Waals surface area contributed by atoms with Crippen molar-refractivity contribution in [1.29, 1.82) is 0 Å². The Balaban J connectivity index is 2.33. The van der Waals surface area contributed by atoms with E-state index in [1.807, 2.05) is 0 Å². The first kappa shape index (κ1) is 13.0. The third-order valence-electron chi connectivity index (χ3n) is 4.15. The van der Waals surface area contributed by atoms with Gasteiger partial charge in [-0.15, -0.1) is 0 Å². The van der Waals surface area contributed by atoms with Gasteiger partial charge in [-0.3, -0.25) is 0 Å². The van der Waals surface area contributed by atoms with Crippen LogP contribution in [0.3, 0.4) is 0 Å². The van der Waals surface area contributed by atoms with Gasteiger partial charge in [0.2, 0.25) is 0 Å². The number of hydrogen-bond donors (Lipinski definition) is 1. The van der Waals surface area contributed by atoms with E-state index in [1.165, 1.54) is 12.8 Å². The minimum atomic E-state index is 0.591. The zero-order chi connectivity index (χ0) is 11.6. The van der Waals surface area contributed by atoms with E-state index in [0.717, 1.165) is 6.54 Å². The van der Waals surface area contributed by atoms with Crippen LogP contribution >= 0.6 is 0 Å². The molecule has 90 valence electrons. The molecule has 2 nitrogen and oxygen atoms in total.